The molecule has 3 heteroatoms. The zero-order valence-electron chi connectivity index (χ0n) is 10.1. The van der Waals surface area contributed by atoms with Crippen LogP contribution in [-0.2, 0) is 0 Å². The number of benzene rings is 1. The van der Waals surface area contributed by atoms with E-state index >= 15 is 0 Å². The molecule has 1 heterocycles. The number of aromatic hydroxyl groups is 1. The standard InChI is InChI=1S/C13H19NOS/c1-8-4-5-12(10(3)13(8)15)14-11-6-9(2)16-7-11/h4-5,9,11,14-15H,6-7H2,1-3H3. The van der Waals surface area contributed by atoms with Gasteiger partial charge in [0, 0.05) is 28.3 Å². The Morgan fingerprint density at radius 2 is 2.12 bits per heavy atom. The SMILES string of the molecule is Cc1ccc(NC2CSC(C)C2)c(C)c1O. The van der Waals surface area contributed by atoms with Crippen LogP contribution in [0.3, 0.4) is 0 Å². The van der Waals surface area contributed by atoms with E-state index in [-0.39, 0.29) is 0 Å². The number of thioether (sulfide) groups is 1. The highest BCUT2D eigenvalue weighted by atomic mass is 32.2. The summed E-state index contributed by atoms with van der Waals surface area (Å²) in [6.45, 7) is 6.17. The highest BCUT2D eigenvalue weighted by Crippen LogP contribution is 2.32. The van der Waals surface area contributed by atoms with Gasteiger partial charge in [-0.05, 0) is 31.9 Å². The van der Waals surface area contributed by atoms with Crippen LogP contribution in [0.2, 0.25) is 0 Å². The normalized spacial score (nSPS) is 24.7. The summed E-state index contributed by atoms with van der Waals surface area (Å²) < 4.78 is 0. The van der Waals surface area contributed by atoms with Crippen LogP contribution in [0.1, 0.15) is 24.5 Å². The number of hydrogen-bond acceptors (Lipinski definition) is 3. The maximum Gasteiger partial charge on any atom is 0.123 e. The molecule has 1 aromatic carbocycles. The topological polar surface area (TPSA) is 32.3 Å². The molecule has 2 atom stereocenters. The molecule has 1 aliphatic heterocycles. The average Bonchev–Trinajstić information content (AvgIpc) is 2.65. The number of nitrogens with one attached hydrogen (secondary N) is 1. The highest BCUT2D eigenvalue weighted by molar-refractivity contribution is 8.00. The summed E-state index contributed by atoms with van der Waals surface area (Å²) in [6, 6.07) is 4.58. The lowest BCUT2D eigenvalue weighted by Gasteiger charge is -2.17. The van der Waals surface area contributed by atoms with E-state index in [1.807, 2.05) is 31.7 Å². The first kappa shape index (κ1) is 11.6. The molecule has 0 spiro atoms. The molecule has 2 N–H and O–H groups in total. The fraction of sp³-hybridized carbons (Fsp3) is 0.538. The Kier molecular flexibility index (Phi) is 3.33. The molecule has 0 saturated carbocycles. The fourth-order valence-corrected chi connectivity index (χ4v) is 3.28. The van der Waals surface area contributed by atoms with Crippen molar-refractivity contribution in [2.45, 2.75) is 38.5 Å². The van der Waals surface area contributed by atoms with Gasteiger partial charge in [-0.1, -0.05) is 13.0 Å². The lowest BCUT2D eigenvalue weighted by atomic mass is 10.1. The van der Waals surface area contributed by atoms with E-state index in [9.17, 15) is 5.11 Å². The second kappa shape index (κ2) is 4.58. The first-order valence-corrected chi connectivity index (χ1v) is 6.80. The van der Waals surface area contributed by atoms with Gasteiger partial charge >= 0.3 is 0 Å². The van der Waals surface area contributed by atoms with Gasteiger partial charge < -0.3 is 10.4 Å². The third kappa shape index (κ3) is 2.29. The van der Waals surface area contributed by atoms with Gasteiger partial charge in [0.25, 0.3) is 0 Å². The largest absolute Gasteiger partial charge is 0.507 e. The number of anilines is 1. The van der Waals surface area contributed by atoms with E-state index in [0.717, 1.165) is 27.8 Å². The average molecular weight is 237 g/mol. The number of phenols is 1. The molecule has 0 aliphatic carbocycles. The van der Waals surface area contributed by atoms with Gasteiger partial charge in [-0.2, -0.15) is 11.8 Å². The molecule has 16 heavy (non-hydrogen) atoms. The molecule has 1 saturated heterocycles. The van der Waals surface area contributed by atoms with Gasteiger partial charge in [0.1, 0.15) is 5.75 Å². The zero-order chi connectivity index (χ0) is 11.7. The quantitative estimate of drug-likeness (QED) is 0.827. The van der Waals surface area contributed by atoms with Gasteiger partial charge in [-0.25, -0.2) is 0 Å². The molecule has 2 unspecified atom stereocenters. The Balaban J connectivity index is 2.13. The predicted octanol–water partition coefficient (Wildman–Crippen LogP) is 3.31. The summed E-state index contributed by atoms with van der Waals surface area (Å²) in [6.07, 6.45) is 1.21. The number of phenolic OH excluding ortho intramolecular Hbond substituents is 1. The number of hydrogen-bond donors (Lipinski definition) is 2. The van der Waals surface area contributed by atoms with Gasteiger partial charge in [0.05, 0.1) is 0 Å². The first-order chi connectivity index (χ1) is 7.58. The summed E-state index contributed by atoms with van der Waals surface area (Å²) in [5, 5.41) is 14.1. The van der Waals surface area contributed by atoms with Crippen molar-refractivity contribution < 1.29 is 5.11 Å². The Morgan fingerprint density at radius 3 is 2.75 bits per heavy atom. The van der Waals surface area contributed by atoms with Gasteiger partial charge in [-0.3, -0.25) is 0 Å². The molecule has 1 aliphatic rings. The van der Waals surface area contributed by atoms with Crippen molar-refractivity contribution in [3.8, 4) is 5.75 Å². The van der Waals surface area contributed by atoms with Gasteiger partial charge in [-0.15, -0.1) is 0 Å². The van der Waals surface area contributed by atoms with Crippen molar-refractivity contribution >= 4 is 17.4 Å². The third-order valence-corrected chi connectivity index (χ3v) is 4.55. The maximum atomic E-state index is 9.87. The van der Waals surface area contributed by atoms with Crippen molar-refractivity contribution in [2.75, 3.05) is 11.1 Å². The Morgan fingerprint density at radius 1 is 1.38 bits per heavy atom. The minimum absolute atomic E-state index is 0.420. The smallest absolute Gasteiger partial charge is 0.123 e. The molecule has 88 valence electrons. The van der Waals surface area contributed by atoms with Crippen LogP contribution in [0.25, 0.3) is 0 Å². The molecule has 0 bridgehead atoms. The van der Waals surface area contributed by atoms with E-state index in [4.69, 9.17) is 0 Å². The summed E-state index contributed by atoms with van der Waals surface area (Å²) >= 11 is 2.01. The summed E-state index contributed by atoms with van der Waals surface area (Å²) in [4.78, 5) is 0. The van der Waals surface area contributed by atoms with Crippen LogP contribution in [0, 0.1) is 13.8 Å². The minimum atomic E-state index is 0.420. The second-order valence-electron chi connectivity index (χ2n) is 4.62. The molecular weight excluding hydrogens is 218 g/mol. The molecule has 0 aromatic heterocycles. The zero-order valence-corrected chi connectivity index (χ0v) is 10.9. The molecule has 2 rings (SSSR count). The van der Waals surface area contributed by atoms with Crippen molar-refractivity contribution in [3.05, 3.63) is 23.3 Å². The fourth-order valence-electron chi connectivity index (χ4n) is 2.13. The van der Waals surface area contributed by atoms with Crippen molar-refractivity contribution in [2.24, 2.45) is 0 Å². The second-order valence-corrected chi connectivity index (χ2v) is 6.10. The van der Waals surface area contributed by atoms with Crippen molar-refractivity contribution in [1.29, 1.82) is 0 Å². The van der Waals surface area contributed by atoms with Gasteiger partial charge in [0.2, 0.25) is 0 Å². The van der Waals surface area contributed by atoms with E-state index < -0.39 is 0 Å². The Bertz CT molecular complexity index is 392. The van der Waals surface area contributed by atoms with E-state index in [1.165, 1.54) is 6.42 Å². The summed E-state index contributed by atoms with van der Waals surface area (Å²) in [5.41, 5.74) is 2.98. The molecule has 1 fully saturated rings. The third-order valence-electron chi connectivity index (χ3n) is 3.19. The van der Waals surface area contributed by atoms with E-state index in [0.29, 0.717) is 11.8 Å². The minimum Gasteiger partial charge on any atom is -0.507 e. The molecule has 0 amide bonds. The first-order valence-electron chi connectivity index (χ1n) is 5.75. The van der Waals surface area contributed by atoms with E-state index in [1.54, 1.807) is 0 Å². The summed E-state index contributed by atoms with van der Waals surface area (Å²) in [5.74, 6) is 1.58. The van der Waals surface area contributed by atoms with Gasteiger partial charge in [0.15, 0.2) is 0 Å². The number of aryl methyl sites for hydroxylation is 1. The number of rotatable bonds is 2. The van der Waals surface area contributed by atoms with Crippen LogP contribution >= 0.6 is 11.8 Å². The molecule has 1 aromatic rings. The van der Waals surface area contributed by atoms with Crippen LogP contribution in [0.4, 0.5) is 5.69 Å². The Hall–Kier alpha value is -0.830. The monoisotopic (exact) mass is 237 g/mol. The Labute approximate surface area is 101 Å². The van der Waals surface area contributed by atoms with Crippen LogP contribution in [-0.4, -0.2) is 22.2 Å². The van der Waals surface area contributed by atoms with Crippen LogP contribution in [0.15, 0.2) is 12.1 Å². The molecule has 2 nitrogen and oxygen atoms in total. The maximum absolute atomic E-state index is 9.87. The van der Waals surface area contributed by atoms with Crippen molar-refractivity contribution in [3.63, 3.8) is 0 Å². The predicted molar refractivity (Wildman–Crippen MR) is 71.5 cm³/mol. The lowest BCUT2D eigenvalue weighted by Crippen LogP contribution is -2.19. The lowest BCUT2D eigenvalue weighted by molar-refractivity contribution is 0.467. The summed E-state index contributed by atoms with van der Waals surface area (Å²) in [7, 11) is 0. The molecular formula is C13H19NOS. The van der Waals surface area contributed by atoms with E-state index in [2.05, 4.69) is 18.3 Å². The highest BCUT2D eigenvalue weighted by Gasteiger charge is 2.22. The molecule has 0 radical (unpaired) electrons. The van der Waals surface area contributed by atoms with Crippen LogP contribution < -0.4 is 5.32 Å². The van der Waals surface area contributed by atoms with Crippen molar-refractivity contribution in [1.82, 2.24) is 0 Å². The van der Waals surface area contributed by atoms with Crippen LogP contribution in [0.5, 0.6) is 5.75 Å².